The van der Waals surface area contributed by atoms with Crippen LogP contribution in [0.1, 0.15) is 22.3 Å². The molecule has 0 radical (unpaired) electrons. The van der Waals surface area contributed by atoms with E-state index in [1.54, 1.807) is 23.1 Å². The first-order chi connectivity index (χ1) is 14.4. The number of nitrogens with one attached hydrogen (secondary N) is 2. The van der Waals surface area contributed by atoms with Gasteiger partial charge in [-0.2, -0.15) is 0 Å². The number of ether oxygens (including phenoxy) is 1. The van der Waals surface area contributed by atoms with Crippen LogP contribution in [0.3, 0.4) is 0 Å². The molecule has 0 aliphatic carbocycles. The molecule has 1 fully saturated rings. The van der Waals surface area contributed by atoms with Crippen molar-refractivity contribution < 1.29 is 23.9 Å². The minimum Gasteiger partial charge on any atom is -0.455 e. The minimum atomic E-state index is -0.714. The van der Waals surface area contributed by atoms with Crippen molar-refractivity contribution in [3.05, 3.63) is 70.7 Å². The van der Waals surface area contributed by atoms with Crippen LogP contribution in [0.4, 0.5) is 0 Å². The zero-order valence-electron chi connectivity index (χ0n) is 16.0. The van der Waals surface area contributed by atoms with Crippen molar-refractivity contribution in [1.29, 1.82) is 0 Å². The Balaban J connectivity index is 1.42. The van der Waals surface area contributed by atoms with E-state index in [1.807, 2.05) is 30.3 Å². The number of carbonyl (C=O) groups is 4. The lowest BCUT2D eigenvalue weighted by Crippen LogP contribution is -2.44. The first-order valence-corrected chi connectivity index (χ1v) is 9.64. The third-order valence-electron chi connectivity index (χ3n) is 4.54. The summed E-state index contributed by atoms with van der Waals surface area (Å²) in [7, 11) is 0. The van der Waals surface area contributed by atoms with Crippen LogP contribution in [0.25, 0.3) is 0 Å². The van der Waals surface area contributed by atoms with E-state index in [0.29, 0.717) is 6.54 Å². The number of nitrogens with zero attached hydrogens (tertiary/aromatic N) is 1. The Kier molecular flexibility index (Phi) is 7.03. The van der Waals surface area contributed by atoms with Gasteiger partial charge in [-0.25, -0.2) is 0 Å². The van der Waals surface area contributed by atoms with E-state index in [1.165, 1.54) is 6.07 Å². The van der Waals surface area contributed by atoms with Gasteiger partial charge in [0.15, 0.2) is 6.61 Å². The van der Waals surface area contributed by atoms with E-state index in [9.17, 15) is 19.2 Å². The number of likely N-dealkylation sites (tertiary alicyclic amines) is 1. The van der Waals surface area contributed by atoms with Gasteiger partial charge in [0.2, 0.25) is 5.91 Å². The molecule has 2 N–H and O–H groups in total. The summed E-state index contributed by atoms with van der Waals surface area (Å²) in [5.41, 5.74) is 5.51. The van der Waals surface area contributed by atoms with Crippen molar-refractivity contribution in [1.82, 2.24) is 15.8 Å². The van der Waals surface area contributed by atoms with Crippen LogP contribution in [0, 0.1) is 5.92 Å². The second-order valence-electron chi connectivity index (χ2n) is 6.75. The first-order valence-electron chi connectivity index (χ1n) is 9.26. The number of amides is 3. The lowest BCUT2D eigenvalue weighted by molar-refractivity contribution is -0.152. The summed E-state index contributed by atoms with van der Waals surface area (Å²) in [4.78, 5) is 49.8. The molecular formula is C21H20ClN3O5. The molecule has 3 amide bonds. The van der Waals surface area contributed by atoms with Gasteiger partial charge in [0, 0.05) is 19.5 Å². The third kappa shape index (κ3) is 5.57. The summed E-state index contributed by atoms with van der Waals surface area (Å²) in [6.07, 6.45) is 0.0382. The normalized spacial score (nSPS) is 15.6. The number of hydrogen-bond acceptors (Lipinski definition) is 5. The predicted octanol–water partition coefficient (Wildman–Crippen LogP) is 1.69. The fourth-order valence-electron chi connectivity index (χ4n) is 3.02. The second-order valence-corrected chi connectivity index (χ2v) is 7.16. The molecule has 1 heterocycles. The molecule has 1 atom stereocenters. The molecule has 0 unspecified atom stereocenters. The molecule has 0 bridgehead atoms. The lowest BCUT2D eigenvalue weighted by Gasteiger charge is -2.16. The van der Waals surface area contributed by atoms with Crippen molar-refractivity contribution in [2.45, 2.75) is 13.0 Å². The third-order valence-corrected chi connectivity index (χ3v) is 4.87. The fraction of sp³-hybridized carbons (Fsp3) is 0.238. The van der Waals surface area contributed by atoms with Gasteiger partial charge in [-0.3, -0.25) is 30.0 Å². The molecule has 2 aromatic rings. The van der Waals surface area contributed by atoms with E-state index in [4.69, 9.17) is 16.3 Å². The highest BCUT2D eigenvalue weighted by molar-refractivity contribution is 6.33. The van der Waals surface area contributed by atoms with Gasteiger partial charge in [-0.05, 0) is 17.7 Å². The van der Waals surface area contributed by atoms with Gasteiger partial charge in [0.25, 0.3) is 11.8 Å². The number of esters is 1. The molecular weight excluding hydrogens is 410 g/mol. The van der Waals surface area contributed by atoms with Crippen molar-refractivity contribution in [2.24, 2.45) is 5.92 Å². The van der Waals surface area contributed by atoms with Crippen molar-refractivity contribution in [2.75, 3.05) is 13.2 Å². The van der Waals surface area contributed by atoms with E-state index in [0.717, 1.165) is 5.56 Å². The summed E-state index contributed by atoms with van der Waals surface area (Å²) < 4.78 is 4.99. The Bertz CT molecular complexity index is 951. The first kappa shape index (κ1) is 21.3. The molecule has 30 heavy (non-hydrogen) atoms. The van der Waals surface area contributed by atoms with E-state index in [-0.39, 0.29) is 29.5 Å². The number of hydrogen-bond donors (Lipinski definition) is 2. The maximum absolute atomic E-state index is 12.2. The molecule has 1 aliphatic rings. The minimum absolute atomic E-state index is 0.0382. The van der Waals surface area contributed by atoms with Crippen molar-refractivity contribution in [3.63, 3.8) is 0 Å². The predicted molar refractivity (Wildman–Crippen MR) is 108 cm³/mol. The Morgan fingerprint density at radius 1 is 1.03 bits per heavy atom. The molecule has 9 heteroatoms. The van der Waals surface area contributed by atoms with Crippen LogP contribution in [-0.2, 0) is 25.7 Å². The van der Waals surface area contributed by atoms with Crippen LogP contribution in [0.5, 0.6) is 0 Å². The van der Waals surface area contributed by atoms with Gasteiger partial charge in [-0.1, -0.05) is 54.1 Å². The topological polar surface area (TPSA) is 105 Å². The van der Waals surface area contributed by atoms with Gasteiger partial charge in [-0.15, -0.1) is 0 Å². The van der Waals surface area contributed by atoms with Crippen LogP contribution in [0.15, 0.2) is 54.6 Å². The number of rotatable bonds is 6. The lowest BCUT2D eigenvalue weighted by atomic mass is 10.1. The highest BCUT2D eigenvalue weighted by atomic mass is 35.5. The average molecular weight is 430 g/mol. The molecule has 156 valence electrons. The number of hydrazine groups is 1. The highest BCUT2D eigenvalue weighted by Crippen LogP contribution is 2.21. The van der Waals surface area contributed by atoms with Crippen LogP contribution in [0.2, 0.25) is 5.02 Å². The van der Waals surface area contributed by atoms with Crippen molar-refractivity contribution >= 4 is 35.3 Å². The zero-order valence-corrected chi connectivity index (χ0v) is 16.7. The monoisotopic (exact) mass is 429 g/mol. The van der Waals surface area contributed by atoms with Crippen LogP contribution in [-0.4, -0.2) is 41.7 Å². The number of benzene rings is 2. The Morgan fingerprint density at radius 3 is 2.47 bits per heavy atom. The SMILES string of the molecule is O=C(COC(=O)[C@@H]1CC(=O)N(Cc2ccccc2)C1)NNC(=O)c1ccccc1Cl. The van der Waals surface area contributed by atoms with Gasteiger partial charge < -0.3 is 9.64 Å². The standard InChI is InChI=1S/C21H20ClN3O5/c22-17-9-5-4-8-16(17)20(28)24-23-18(26)13-30-21(29)15-10-19(27)25(12-15)11-14-6-2-1-3-7-14/h1-9,15H,10-13H2,(H,23,26)(H,24,28)/t15-/m1/s1. The molecule has 0 aromatic heterocycles. The number of carbonyl (C=O) groups excluding carboxylic acids is 4. The average Bonchev–Trinajstić information content (AvgIpc) is 3.11. The Hall–Kier alpha value is -3.39. The summed E-state index contributed by atoms with van der Waals surface area (Å²) >= 11 is 5.91. The largest absolute Gasteiger partial charge is 0.455 e. The zero-order chi connectivity index (χ0) is 21.5. The van der Waals surface area contributed by atoms with E-state index >= 15 is 0 Å². The summed E-state index contributed by atoms with van der Waals surface area (Å²) in [6, 6.07) is 15.8. The maximum Gasteiger partial charge on any atom is 0.311 e. The summed E-state index contributed by atoms with van der Waals surface area (Å²) in [6.45, 7) is 0.0699. The quantitative estimate of drug-likeness (QED) is 0.537. The van der Waals surface area contributed by atoms with Gasteiger partial charge >= 0.3 is 5.97 Å². The molecule has 0 spiro atoms. The van der Waals surface area contributed by atoms with E-state index in [2.05, 4.69) is 10.9 Å². The molecule has 0 saturated carbocycles. The van der Waals surface area contributed by atoms with Crippen LogP contribution < -0.4 is 10.9 Å². The Morgan fingerprint density at radius 2 is 1.73 bits per heavy atom. The smallest absolute Gasteiger partial charge is 0.311 e. The molecule has 1 saturated heterocycles. The van der Waals surface area contributed by atoms with Crippen LogP contribution >= 0.6 is 11.6 Å². The molecule has 3 rings (SSSR count). The van der Waals surface area contributed by atoms with Crippen molar-refractivity contribution in [3.8, 4) is 0 Å². The van der Waals surface area contributed by atoms with Gasteiger partial charge in [0.05, 0.1) is 16.5 Å². The second kappa shape index (κ2) is 9.89. The van der Waals surface area contributed by atoms with Gasteiger partial charge in [0.1, 0.15) is 0 Å². The molecule has 1 aliphatic heterocycles. The number of halogens is 1. The molecule has 2 aromatic carbocycles. The molecule has 8 nitrogen and oxygen atoms in total. The maximum atomic E-state index is 12.2. The fourth-order valence-corrected chi connectivity index (χ4v) is 3.24. The summed E-state index contributed by atoms with van der Waals surface area (Å²) in [5, 5.41) is 0.238. The van der Waals surface area contributed by atoms with E-state index < -0.39 is 30.3 Å². The summed E-state index contributed by atoms with van der Waals surface area (Å²) in [5.74, 6) is -2.72. The highest BCUT2D eigenvalue weighted by Gasteiger charge is 2.35. The Labute approximate surface area is 178 Å².